The molecule has 8 nitrogen and oxygen atoms in total. The normalized spacial score (nSPS) is 12.2. The van der Waals surface area contributed by atoms with Gasteiger partial charge >= 0.3 is 12.4 Å². The Morgan fingerprint density at radius 3 is 2.37 bits per heavy atom. The number of halogens is 6. The Balaban J connectivity index is 1.83. The van der Waals surface area contributed by atoms with E-state index >= 15 is 0 Å². The number of H-pyrrole nitrogens is 1. The summed E-state index contributed by atoms with van der Waals surface area (Å²) in [5.41, 5.74) is -6.45. The first-order valence-corrected chi connectivity index (χ1v) is 9.64. The van der Waals surface area contributed by atoms with Gasteiger partial charge in [-0.3, -0.25) is 14.4 Å². The number of rotatable bonds is 3. The molecule has 0 fully saturated rings. The molecule has 3 heterocycles. The highest BCUT2D eigenvalue weighted by molar-refractivity contribution is 6.05. The Kier molecular flexibility index (Phi) is 5.53. The molecule has 2 N–H and O–H groups in total. The van der Waals surface area contributed by atoms with Crippen LogP contribution in [0.4, 0.5) is 32.0 Å². The van der Waals surface area contributed by atoms with Crippen molar-refractivity contribution in [3.63, 3.8) is 0 Å². The molecule has 4 aromatic rings. The molecule has 0 aliphatic carbocycles. The van der Waals surface area contributed by atoms with E-state index in [4.69, 9.17) is 0 Å². The molecule has 1 aromatic carbocycles. The molecule has 14 heteroatoms. The van der Waals surface area contributed by atoms with Gasteiger partial charge in [-0.05, 0) is 24.3 Å². The quantitative estimate of drug-likeness (QED) is 0.422. The fraction of sp³-hybridized carbons (Fsp3) is 0.143. The van der Waals surface area contributed by atoms with Gasteiger partial charge in [-0.15, -0.1) is 0 Å². The molecule has 0 saturated carbocycles. The van der Waals surface area contributed by atoms with Crippen molar-refractivity contribution in [2.24, 2.45) is 7.05 Å². The molecule has 35 heavy (non-hydrogen) atoms. The smallest absolute Gasteiger partial charge is 0.329 e. The standard InChI is InChI=1S/C21H13F6N5O3/c1-31-15(20(22,23)24)7-10(8-16(31)33)30-19(35)13-9-29-32(17(13)21(25,26)27)14-4-2-3-12-11(14)5-6-28-18(12)34/h2-9H,1H3,(H,28,34)(H,30,35). The van der Waals surface area contributed by atoms with Crippen molar-refractivity contribution in [3.05, 3.63) is 86.5 Å². The van der Waals surface area contributed by atoms with Crippen molar-refractivity contribution in [3.8, 4) is 5.69 Å². The predicted molar refractivity (Wildman–Crippen MR) is 111 cm³/mol. The molecule has 0 aliphatic heterocycles. The van der Waals surface area contributed by atoms with E-state index in [9.17, 15) is 40.7 Å². The first-order valence-electron chi connectivity index (χ1n) is 9.64. The summed E-state index contributed by atoms with van der Waals surface area (Å²) in [6.07, 6.45) is -8.26. The van der Waals surface area contributed by atoms with Gasteiger partial charge in [0.25, 0.3) is 17.0 Å². The number of alkyl halides is 6. The fourth-order valence-electron chi connectivity index (χ4n) is 3.54. The van der Waals surface area contributed by atoms with E-state index in [0.717, 1.165) is 7.05 Å². The maximum atomic E-state index is 14.0. The van der Waals surface area contributed by atoms with E-state index in [1.165, 1.54) is 30.5 Å². The molecule has 0 atom stereocenters. The van der Waals surface area contributed by atoms with Gasteiger partial charge in [0, 0.05) is 35.8 Å². The number of aromatic nitrogens is 4. The van der Waals surface area contributed by atoms with E-state index in [2.05, 4.69) is 10.1 Å². The first kappa shape index (κ1) is 23.8. The minimum Gasteiger partial charge on any atom is -0.329 e. The summed E-state index contributed by atoms with van der Waals surface area (Å²) in [5.74, 6) is -1.44. The summed E-state index contributed by atoms with van der Waals surface area (Å²) < 4.78 is 82.3. The number of aromatic amines is 1. The molecule has 1 amide bonds. The highest BCUT2D eigenvalue weighted by atomic mass is 19.4. The van der Waals surface area contributed by atoms with Gasteiger partial charge in [0.05, 0.1) is 17.4 Å². The van der Waals surface area contributed by atoms with Crippen LogP contribution in [0.3, 0.4) is 0 Å². The van der Waals surface area contributed by atoms with Crippen LogP contribution in [0.25, 0.3) is 16.5 Å². The monoisotopic (exact) mass is 497 g/mol. The number of hydrogen-bond donors (Lipinski definition) is 2. The predicted octanol–water partition coefficient (Wildman–Crippen LogP) is 3.70. The molecule has 0 radical (unpaired) electrons. The molecule has 3 aromatic heterocycles. The van der Waals surface area contributed by atoms with E-state index < -0.39 is 52.0 Å². The number of hydrogen-bond acceptors (Lipinski definition) is 4. The average molecular weight is 497 g/mol. The zero-order valence-electron chi connectivity index (χ0n) is 17.5. The summed E-state index contributed by atoms with van der Waals surface area (Å²) in [5, 5.41) is 5.74. The van der Waals surface area contributed by atoms with Gasteiger partial charge in [0.15, 0.2) is 5.69 Å². The second-order valence-corrected chi connectivity index (χ2v) is 7.34. The minimum absolute atomic E-state index is 0.0689. The number of anilines is 1. The fourth-order valence-corrected chi connectivity index (χ4v) is 3.54. The molecule has 4 rings (SSSR count). The van der Waals surface area contributed by atoms with Crippen LogP contribution in [0.15, 0.2) is 58.4 Å². The Morgan fingerprint density at radius 1 is 1.00 bits per heavy atom. The Morgan fingerprint density at radius 2 is 1.71 bits per heavy atom. The highest BCUT2D eigenvalue weighted by Crippen LogP contribution is 2.35. The van der Waals surface area contributed by atoms with Crippen LogP contribution in [-0.2, 0) is 19.4 Å². The summed E-state index contributed by atoms with van der Waals surface area (Å²) in [7, 11) is 0.859. The number of benzene rings is 1. The zero-order valence-corrected chi connectivity index (χ0v) is 17.5. The molecule has 0 unspecified atom stereocenters. The SMILES string of the molecule is Cn1c(C(F)(F)F)cc(NC(=O)c2cnn(-c3cccc4c(=O)[nH]ccc34)c2C(F)(F)F)cc1=O. The number of nitrogens with zero attached hydrogens (tertiary/aromatic N) is 3. The van der Waals surface area contributed by atoms with Crippen LogP contribution in [0.5, 0.6) is 0 Å². The third kappa shape index (κ3) is 4.29. The number of carbonyl (C=O) groups excluding carboxylic acids is 1. The highest BCUT2D eigenvalue weighted by Gasteiger charge is 2.41. The minimum atomic E-state index is -5.13. The van der Waals surface area contributed by atoms with Crippen molar-refractivity contribution in [1.29, 1.82) is 0 Å². The largest absolute Gasteiger partial charge is 0.434 e. The van der Waals surface area contributed by atoms with Gasteiger partial charge in [-0.25, -0.2) is 4.68 Å². The topological polar surface area (TPSA) is 102 Å². The van der Waals surface area contributed by atoms with Crippen LogP contribution in [0.2, 0.25) is 0 Å². The average Bonchev–Trinajstić information content (AvgIpc) is 3.21. The second kappa shape index (κ2) is 8.14. The number of pyridine rings is 2. The summed E-state index contributed by atoms with van der Waals surface area (Å²) in [6.45, 7) is 0. The summed E-state index contributed by atoms with van der Waals surface area (Å²) >= 11 is 0. The van der Waals surface area contributed by atoms with Gasteiger partial charge in [-0.1, -0.05) is 6.07 Å². The van der Waals surface area contributed by atoms with Crippen LogP contribution < -0.4 is 16.4 Å². The number of amides is 1. The molecule has 0 bridgehead atoms. The third-order valence-corrected chi connectivity index (χ3v) is 5.11. The van der Waals surface area contributed by atoms with Crippen LogP contribution in [0.1, 0.15) is 21.7 Å². The second-order valence-electron chi connectivity index (χ2n) is 7.34. The molecular weight excluding hydrogens is 484 g/mol. The Bertz CT molecular complexity index is 1580. The summed E-state index contributed by atoms with van der Waals surface area (Å²) in [4.78, 5) is 39.0. The molecular formula is C21H13F6N5O3. The number of carbonyl (C=O) groups is 1. The van der Waals surface area contributed by atoms with Gasteiger partial charge in [0.2, 0.25) is 0 Å². The van der Waals surface area contributed by atoms with Crippen molar-refractivity contribution >= 4 is 22.4 Å². The molecule has 0 aliphatic rings. The van der Waals surface area contributed by atoms with Crippen LogP contribution in [0, 0.1) is 0 Å². The first-order chi connectivity index (χ1) is 16.3. The van der Waals surface area contributed by atoms with Gasteiger partial charge in [0.1, 0.15) is 5.69 Å². The maximum absolute atomic E-state index is 14.0. The lowest BCUT2D eigenvalue weighted by atomic mass is 10.1. The van der Waals surface area contributed by atoms with Crippen molar-refractivity contribution < 1.29 is 31.1 Å². The van der Waals surface area contributed by atoms with E-state index in [0.29, 0.717) is 23.0 Å². The number of fused-ring (bicyclic) bond motifs is 1. The lowest BCUT2D eigenvalue weighted by Gasteiger charge is -2.15. The molecule has 0 spiro atoms. The van der Waals surface area contributed by atoms with Crippen molar-refractivity contribution in [1.82, 2.24) is 19.3 Å². The third-order valence-electron chi connectivity index (χ3n) is 5.11. The van der Waals surface area contributed by atoms with Crippen molar-refractivity contribution in [2.75, 3.05) is 5.32 Å². The lowest BCUT2D eigenvalue weighted by molar-refractivity contribution is -0.144. The summed E-state index contributed by atoms with van der Waals surface area (Å²) in [6, 6.07) is 6.38. The van der Waals surface area contributed by atoms with E-state index in [1.54, 1.807) is 0 Å². The Labute approximate surface area is 190 Å². The lowest BCUT2D eigenvalue weighted by Crippen LogP contribution is -2.27. The number of nitrogens with one attached hydrogen (secondary N) is 2. The Hall–Kier alpha value is -4.36. The maximum Gasteiger partial charge on any atom is 0.434 e. The molecule has 182 valence electrons. The van der Waals surface area contributed by atoms with Gasteiger partial charge < -0.3 is 14.9 Å². The van der Waals surface area contributed by atoms with E-state index in [1.807, 2.05) is 5.32 Å². The van der Waals surface area contributed by atoms with Crippen LogP contribution >= 0.6 is 0 Å². The molecule has 0 saturated heterocycles. The van der Waals surface area contributed by atoms with Gasteiger partial charge in [-0.2, -0.15) is 31.4 Å². The van der Waals surface area contributed by atoms with E-state index in [-0.39, 0.29) is 21.0 Å². The zero-order chi connectivity index (χ0) is 25.7. The van der Waals surface area contributed by atoms with Crippen LogP contribution in [-0.4, -0.2) is 25.2 Å². The van der Waals surface area contributed by atoms with Crippen molar-refractivity contribution in [2.45, 2.75) is 12.4 Å².